The molecule has 0 fully saturated rings. The number of benzene rings is 2. The summed E-state index contributed by atoms with van der Waals surface area (Å²) in [6, 6.07) is 15.1. The highest BCUT2D eigenvalue weighted by Crippen LogP contribution is 2.21. The number of carbonyl (C=O) groups is 1. The van der Waals surface area contributed by atoms with Gasteiger partial charge in [-0.15, -0.1) is 0 Å². The number of amides is 1. The van der Waals surface area contributed by atoms with Gasteiger partial charge in [-0.05, 0) is 36.6 Å². The van der Waals surface area contributed by atoms with Crippen molar-refractivity contribution in [2.24, 2.45) is 5.73 Å². The molecule has 0 saturated carbocycles. The molecule has 0 aromatic heterocycles. The Kier molecular flexibility index (Phi) is 5.37. The Morgan fingerprint density at radius 3 is 2.62 bits per heavy atom. The fraction of sp³-hybridized carbons (Fsp3) is 0.235. The molecule has 0 aliphatic carbocycles. The Hall–Kier alpha value is -1.84. The number of rotatable bonds is 5. The van der Waals surface area contributed by atoms with Crippen molar-refractivity contribution in [1.82, 2.24) is 0 Å². The molecular weight excluding hydrogens is 284 g/mol. The largest absolute Gasteiger partial charge is 0.326 e. The van der Waals surface area contributed by atoms with Gasteiger partial charge in [-0.25, -0.2) is 0 Å². The van der Waals surface area contributed by atoms with Gasteiger partial charge >= 0.3 is 0 Å². The van der Waals surface area contributed by atoms with Crippen LogP contribution in [0.2, 0.25) is 5.02 Å². The van der Waals surface area contributed by atoms with Crippen molar-refractivity contribution in [2.75, 3.05) is 5.32 Å². The van der Waals surface area contributed by atoms with E-state index >= 15 is 0 Å². The van der Waals surface area contributed by atoms with E-state index in [-0.39, 0.29) is 11.9 Å². The summed E-state index contributed by atoms with van der Waals surface area (Å²) in [6.45, 7) is 1.92. The van der Waals surface area contributed by atoms with Gasteiger partial charge in [0.15, 0.2) is 0 Å². The summed E-state index contributed by atoms with van der Waals surface area (Å²) in [4.78, 5) is 11.9. The topological polar surface area (TPSA) is 55.1 Å². The van der Waals surface area contributed by atoms with Crippen LogP contribution in [0.5, 0.6) is 0 Å². The second-order valence-electron chi connectivity index (χ2n) is 5.07. The monoisotopic (exact) mass is 302 g/mol. The third-order valence-corrected chi connectivity index (χ3v) is 3.77. The van der Waals surface area contributed by atoms with Crippen LogP contribution < -0.4 is 11.1 Å². The number of aryl methyl sites for hydroxylation is 1. The fourth-order valence-corrected chi connectivity index (χ4v) is 2.23. The zero-order chi connectivity index (χ0) is 15.2. The standard InChI is InChI=1S/C17H19ClN2O/c1-12-7-8-14(11-15(12)18)20-17(21)10-9-16(19)13-5-3-2-4-6-13/h2-8,11,16H,9-10,19H2,1H3,(H,20,21). The van der Waals surface area contributed by atoms with Gasteiger partial charge in [-0.2, -0.15) is 0 Å². The Morgan fingerprint density at radius 2 is 1.95 bits per heavy atom. The average molecular weight is 303 g/mol. The average Bonchev–Trinajstić information content (AvgIpc) is 2.49. The predicted octanol–water partition coefficient (Wildman–Crippen LogP) is 4.07. The molecule has 3 nitrogen and oxygen atoms in total. The zero-order valence-electron chi connectivity index (χ0n) is 12.0. The summed E-state index contributed by atoms with van der Waals surface area (Å²) in [6.07, 6.45) is 0.983. The van der Waals surface area contributed by atoms with Crippen LogP contribution in [-0.2, 0) is 4.79 Å². The van der Waals surface area contributed by atoms with Crippen molar-refractivity contribution in [1.29, 1.82) is 0 Å². The first-order chi connectivity index (χ1) is 10.1. The van der Waals surface area contributed by atoms with Crippen molar-refractivity contribution in [2.45, 2.75) is 25.8 Å². The maximum atomic E-state index is 11.9. The van der Waals surface area contributed by atoms with Gasteiger partial charge in [0.1, 0.15) is 0 Å². The minimum atomic E-state index is -0.126. The summed E-state index contributed by atoms with van der Waals surface area (Å²) >= 11 is 6.03. The molecule has 4 heteroatoms. The normalized spacial score (nSPS) is 12.0. The Labute approximate surface area is 130 Å². The number of nitrogens with one attached hydrogen (secondary N) is 1. The fourth-order valence-electron chi connectivity index (χ4n) is 2.05. The van der Waals surface area contributed by atoms with E-state index in [1.165, 1.54) is 0 Å². The number of anilines is 1. The second kappa shape index (κ2) is 7.25. The SMILES string of the molecule is Cc1ccc(NC(=O)CCC(N)c2ccccc2)cc1Cl. The molecule has 0 spiro atoms. The zero-order valence-corrected chi connectivity index (χ0v) is 12.7. The number of carbonyl (C=O) groups excluding carboxylic acids is 1. The first-order valence-corrected chi connectivity index (χ1v) is 7.30. The van der Waals surface area contributed by atoms with Crippen LogP contribution >= 0.6 is 11.6 Å². The van der Waals surface area contributed by atoms with Crippen LogP contribution in [0.4, 0.5) is 5.69 Å². The lowest BCUT2D eigenvalue weighted by molar-refractivity contribution is -0.116. The van der Waals surface area contributed by atoms with Gasteiger partial charge in [0.2, 0.25) is 5.91 Å². The maximum Gasteiger partial charge on any atom is 0.224 e. The maximum absolute atomic E-state index is 11.9. The molecule has 110 valence electrons. The molecule has 0 saturated heterocycles. The lowest BCUT2D eigenvalue weighted by Gasteiger charge is -2.12. The lowest BCUT2D eigenvalue weighted by Crippen LogP contribution is -2.16. The third kappa shape index (κ3) is 4.59. The molecule has 21 heavy (non-hydrogen) atoms. The van der Waals surface area contributed by atoms with Gasteiger partial charge in [0.05, 0.1) is 0 Å². The molecule has 0 aliphatic heterocycles. The third-order valence-electron chi connectivity index (χ3n) is 3.37. The summed E-state index contributed by atoms with van der Waals surface area (Å²) in [7, 11) is 0. The molecule has 3 N–H and O–H groups in total. The first kappa shape index (κ1) is 15.5. The van der Waals surface area contributed by atoms with Crippen LogP contribution in [0.3, 0.4) is 0 Å². The lowest BCUT2D eigenvalue weighted by atomic mass is 10.0. The summed E-state index contributed by atoms with van der Waals surface area (Å²) in [5, 5.41) is 3.48. The molecule has 2 aromatic rings. The molecule has 2 aromatic carbocycles. The molecule has 2 rings (SSSR count). The Morgan fingerprint density at radius 1 is 1.24 bits per heavy atom. The Bertz CT molecular complexity index is 613. The minimum Gasteiger partial charge on any atom is -0.326 e. The van der Waals surface area contributed by atoms with Crippen molar-refractivity contribution in [3.05, 3.63) is 64.7 Å². The van der Waals surface area contributed by atoms with Gasteiger partial charge in [-0.1, -0.05) is 48.0 Å². The molecule has 0 aliphatic rings. The van der Waals surface area contributed by atoms with Gasteiger partial charge in [0, 0.05) is 23.2 Å². The number of hydrogen-bond donors (Lipinski definition) is 2. The van der Waals surface area contributed by atoms with Crippen LogP contribution in [0.1, 0.15) is 30.0 Å². The minimum absolute atomic E-state index is 0.0544. The van der Waals surface area contributed by atoms with Crippen molar-refractivity contribution >= 4 is 23.2 Å². The molecule has 1 amide bonds. The van der Waals surface area contributed by atoms with Crippen LogP contribution in [0, 0.1) is 6.92 Å². The highest BCUT2D eigenvalue weighted by atomic mass is 35.5. The number of hydrogen-bond acceptors (Lipinski definition) is 2. The summed E-state index contributed by atoms with van der Waals surface area (Å²) < 4.78 is 0. The summed E-state index contributed by atoms with van der Waals surface area (Å²) in [5.41, 5.74) is 8.82. The van der Waals surface area contributed by atoms with E-state index in [4.69, 9.17) is 17.3 Å². The second-order valence-corrected chi connectivity index (χ2v) is 5.48. The smallest absolute Gasteiger partial charge is 0.224 e. The molecule has 0 radical (unpaired) electrons. The van der Waals surface area contributed by atoms with Gasteiger partial charge < -0.3 is 11.1 Å². The van der Waals surface area contributed by atoms with Crippen molar-refractivity contribution < 1.29 is 4.79 Å². The van der Waals surface area contributed by atoms with E-state index in [0.29, 0.717) is 23.6 Å². The van der Waals surface area contributed by atoms with E-state index in [1.807, 2.05) is 49.4 Å². The van der Waals surface area contributed by atoms with Crippen LogP contribution in [-0.4, -0.2) is 5.91 Å². The first-order valence-electron chi connectivity index (χ1n) is 6.93. The van der Waals surface area contributed by atoms with E-state index in [0.717, 1.165) is 11.1 Å². The van der Waals surface area contributed by atoms with E-state index in [1.54, 1.807) is 6.07 Å². The molecule has 1 atom stereocenters. The summed E-state index contributed by atoms with van der Waals surface area (Å²) in [5.74, 6) is -0.0544. The van der Waals surface area contributed by atoms with E-state index in [9.17, 15) is 4.79 Å². The molecule has 0 bridgehead atoms. The van der Waals surface area contributed by atoms with Gasteiger partial charge in [-0.3, -0.25) is 4.79 Å². The van der Waals surface area contributed by atoms with E-state index < -0.39 is 0 Å². The molecule has 0 heterocycles. The van der Waals surface area contributed by atoms with Crippen molar-refractivity contribution in [3.63, 3.8) is 0 Å². The molecule has 1 unspecified atom stereocenters. The number of halogens is 1. The number of nitrogens with two attached hydrogens (primary N) is 1. The predicted molar refractivity (Wildman–Crippen MR) is 87.4 cm³/mol. The van der Waals surface area contributed by atoms with Gasteiger partial charge in [0.25, 0.3) is 0 Å². The molecular formula is C17H19ClN2O. The quantitative estimate of drug-likeness (QED) is 0.875. The Balaban J connectivity index is 1.86. The van der Waals surface area contributed by atoms with Crippen LogP contribution in [0.25, 0.3) is 0 Å². The highest BCUT2D eigenvalue weighted by molar-refractivity contribution is 6.31. The van der Waals surface area contributed by atoms with E-state index in [2.05, 4.69) is 5.32 Å². The van der Waals surface area contributed by atoms with Crippen molar-refractivity contribution in [3.8, 4) is 0 Å². The van der Waals surface area contributed by atoms with Crippen LogP contribution in [0.15, 0.2) is 48.5 Å². The highest BCUT2D eigenvalue weighted by Gasteiger charge is 2.09.